The highest BCUT2D eigenvalue weighted by Gasteiger charge is 2.25. The van der Waals surface area contributed by atoms with Crippen LogP contribution in [0.2, 0.25) is 0 Å². The number of hydrogen-bond acceptors (Lipinski definition) is 6. The summed E-state index contributed by atoms with van der Waals surface area (Å²) in [6.07, 6.45) is 0. The lowest BCUT2D eigenvalue weighted by molar-refractivity contribution is 0.0964. The first-order chi connectivity index (χ1) is 19.4. The number of carbonyl (C=O) groups excluding carboxylic acids is 1. The molecule has 0 fully saturated rings. The van der Waals surface area contributed by atoms with Gasteiger partial charge in [0.2, 0.25) is 0 Å². The van der Waals surface area contributed by atoms with Crippen molar-refractivity contribution in [3.05, 3.63) is 84.2 Å². The average molecular weight is 536 g/mol. The van der Waals surface area contributed by atoms with Gasteiger partial charge in [0.1, 0.15) is 17.2 Å². The van der Waals surface area contributed by atoms with E-state index in [1.807, 2.05) is 67.5 Å². The van der Waals surface area contributed by atoms with Crippen molar-refractivity contribution in [3.8, 4) is 40.0 Å². The Morgan fingerprint density at radius 2 is 1.75 bits per heavy atom. The van der Waals surface area contributed by atoms with E-state index < -0.39 is 0 Å². The van der Waals surface area contributed by atoms with Crippen molar-refractivity contribution in [1.29, 1.82) is 0 Å². The predicted molar refractivity (Wildman–Crippen MR) is 154 cm³/mol. The number of H-pyrrole nitrogens is 1. The molecule has 2 N–H and O–H groups in total. The van der Waals surface area contributed by atoms with Crippen molar-refractivity contribution in [2.24, 2.45) is 0 Å². The maximum atomic E-state index is 13.7. The van der Waals surface area contributed by atoms with Gasteiger partial charge in [-0.05, 0) is 48.5 Å². The van der Waals surface area contributed by atoms with E-state index in [0.29, 0.717) is 39.2 Å². The number of anilines is 1. The Kier molecular flexibility index (Phi) is 6.18. The van der Waals surface area contributed by atoms with Crippen LogP contribution in [0, 0.1) is 5.82 Å². The molecule has 0 atom stereocenters. The van der Waals surface area contributed by atoms with Crippen molar-refractivity contribution in [2.75, 3.05) is 33.2 Å². The number of aromatic nitrogens is 3. The Morgan fingerprint density at radius 3 is 2.45 bits per heavy atom. The molecule has 6 aromatic rings. The Hall–Kier alpha value is -5.18. The number of halogens is 1. The number of furan rings is 1. The summed E-state index contributed by atoms with van der Waals surface area (Å²) in [4.78, 5) is 27.8. The highest BCUT2D eigenvalue weighted by molar-refractivity contribution is 6.12. The van der Waals surface area contributed by atoms with Crippen LogP contribution in [0.4, 0.5) is 10.1 Å². The molecule has 40 heavy (non-hydrogen) atoms. The van der Waals surface area contributed by atoms with Gasteiger partial charge in [0.15, 0.2) is 0 Å². The van der Waals surface area contributed by atoms with E-state index in [1.54, 1.807) is 19.2 Å². The van der Waals surface area contributed by atoms with Gasteiger partial charge >= 0.3 is 6.01 Å². The zero-order chi connectivity index (χ0) is 28.0. The molecule has 0 spiro atoms. The number of nitrogens with one attached hydrogen (secondary N) is 2. The lowest BCUT2D eigenvalue weighted by Crippen LogP contribution is -2.18. The van der Waals surface area contributed by atoms with Crippen LogP contribution in [0.15, 0.2) is 77.2 Å². The van der Waals surface area contributed by atoms with Crippen molar-refractivity contribution < 1.29 is 18.3 Å². The summed E-state index contributed by atoms with van der Waals surface area (Å²) in [7, 11) is 6.93. The normalized spacial score (nSPS) is 11.2. The standard InChI is InChI=1S/C31H26FN5O3/c1-33-30(38)28-21-14-20(26(37(2)3)16-27(21)40-29(28)17-9-11-19(32)12-10-17)23-15-25(36-31(35-23)39-4)24-13-18-7-5-6-8-22(18)34-24/h5-16,34H,1-4H3,(H,33,38). The minimum atomic E-state index is -0.373. The van der Waals surface area contributed by atoms with E-state index in [4.69, 9.17) is 9.15 Å². The summed E-state index contributed by atoms with van der Waals surface area (Å²) in [5.74, 6) is -0.335. The van der Waals surface area contributed by atoms with Crippen molar-refractivity contribution in [1.82, 2.24) is 20.3 Å². The number of ether oxygens (including phenoxy) is 1. The quantitative estimate of drug-likeness (QED) is 0.261. The second-order valence-corrected chi connectivity index (χ2v) is 9.55. The first-order valence-corrected chi connectivity index (χ1v) is 12.6. The number of para-hydroxylation sites is 1. The molecule has 0 radical (unpaired) electrons. The van der Waals surface area contributed by atoms with Crippen LogP contribution in [-0.4, -0.2) is 49.1 Å². The highest BCUT2D eigenvalue weighted by Crippen LogP contribution is 2.41. The van der Waals surface area contributed by atoms with E-state index in [9.17, 15) is 9.18 Å². The lowest BCUT2D eigenvalue weighted by Gasteiger charge is -2.18. The maximum Gasteiger partial charge on any atom is 0.317 e. The molecule has 0 unspecified atom stereocenters. The van der Waals surface area contributed by atoms with Gasteiger partial charge in [-0.2, -0.15) is 9.97 Å². The number of fused-ring (bicyclic) bond motifs is 2. The van der Waals surface area contributed by atoms with Crippen LogP contribution in [-0.2, 0) is 0 Å². The minimum Gasteiger partial charge on any atom is -0.467 e. The Balaban J connectivity index is 1.59. The van der Waals surface area contributed by atoms with Crippen molar-refractivity contribution in [3.63, 3.8) is 0 Å². The average Bonchev–Trinajstić information content (AvgIpc) is 3.58. The summed E-state index contributed by atoms with van der Waals surface area (Å²) in [5, 5.41) is 4.37. The molecule has 0 saturated carbocycles. The van der Waals surface area contributed by atoms with Gasteiger partial charge in [0.05, 0.1) is 29.8 Å². The Labute approximate surface area is 229 Å². The minimum absolute atomic E-state index is 0.210. The van der Waals surface area contributed by atoms with Crippen molar-refractivity contribution in [2.45, 2.75) is 0 Å². The molecular weight excluding hydrogens is 509 g/mol. The number of carbonyl (C=O) groups is 1. The summed E-state index contributed by atoms with van der Waals surface area (Å²) in [6, 6.07) is 21.8. The van der Waals surface area contributed by atoms with Gasteiger partial charge in [-0.25, -0.2) is 4.39 Å². The molecule has 0 aliphatic carbocycles. The second-order valence-electron chi connectivity index (χ2n) is 9.55. The zero-order valence-electron chi connectivity index (χ0n) is 22.4. The van der Waals surface area contributed by atoms with E-state index in [1.165, 1.54) is 19.2 Å². The highest BCUT2D eigenvalue weighted by atomic mass is 19.1. The molecule has 0 aliphatic rings. The number of aromatic amines is 1. The summed E-state index contributed by atoms with van der Waals surface area (Å²) in [6.45, 7) is 0. The number of hydrogen-bond donors (Lipinski definition) is 2. The van der Waals surface area contributed by atoms with Crippen LogP contribution in [0.1, 0.15) is 10.4 Å². The van der Waals surface area contributed by atoms with Gasteiger partial charge in [0, 0.05) is 60.3 Å². The van der Waals surface area contributed by atoms with Crippen LogP contribution >= 0.6 is 0 Å². The van der Waals surface area contributed by atoms with E-state index >= 15 is 0 Å². The van der Waals surface area contributed by atoms with Crippen LogP contribution < -0.4 is 15.0 Å². The molecule has 200 valence electrons. The molecule has 0 aliphatic heterocycles. The first-order valence-electron chi connectivity index (χ1n) is 12.6. The fraction of sp³-hybridized carbons (Fsp3) is 0.129. The maximum absolute atomic E-state index is 13.7. The smallest absolute Gasteiger partial charge is 0.317 e. The van der Waals surface area contributed by atoms with Crippen LogP contribution in [0.5, 0.6) is 6.01 Å². The number of nitrogens with zero attached hydrogens (tertiary/aromatic N) is 3. The molecular formula is C31H26FN5O3. The first kappa shape index (κ1) is 25.1. The van der Waals surface area contributed by atoms with Gasteiger partial charge in [-0.3, -0.25) is 4.79 Å². The van der Waals surface area contributed by atoms with Gasteiger partial charge in [-0.1, -0.05) is 18.2 Å². The summed E-state index contributed by atoms with van der Waals surface area (Å²) < 4.78 is 25.4. The SMILES string of the molecule is CNC(=O)c1c(-c2ccc(F)cc2)oc2cc(N(C)C)c(-c3cc(-c4cc5ccccc5[nH]4)nc(OC)n3)cc12. The fourth-order valence-electron chi connectivity index (χ4n) is 4.87. The molecule has 6 rings (SSSR count). The number of benzene rings is 3. The third kappa shape index (κ3) is 4.31. The number of methoxy groups -OCH3 is 1. The van der Waals surface area contributed by atoms with E-state index in [-0.39, 0.29) is 17.7 Å². The number of rotatable bonds is 6. The number of amides is 1. The summed E-state index contributed by atoms with van der Waals surface area (Å²) in [5.41, 5.74) is 6.12. The molecule has 8 nitrogen and oxygen atoms in total. The molecule has 3 aromatic carbocycles. The van der Waals surface area contributed by atoms with Gasteiger partial charge in [-0.15, -0.1) is 0 Å². The van der Waals surface area contributed by atoms with Gasteiger partial charge < -0.3 is 24.4 Å². The molecule has 1 amide bonds. The van der Waals surface area contributed by atoms with E-state index in [0.717, 1.165) is 27.8 Å². The molecule has 0 saturated heterocycles. The Bertz CT molecular complexity index is 1860. The van der Waals surface area contributed by atoms with E-state index in [2.05, 4.69) is 20.3 Å². The second kappa shape index (κ2) is 9.85. The monoisotopic (exact) mass is 535 g/mol. The Morgan fingerprint density at radius 1 is 1.00 bits per heavy atom. The molecule has 0 bridgehead atoms. The topological polar surface area (TPSA) is 96.3 Å². The fourth-order valence-corrected chi connectivity index (χ4v) is 4.87. The van der Waals surface area contributed by atoms with Crippen LogP contribution in [0.3, 0.4) is 0 Å². The zero-order valence-corrected chi connectivity index (χ0v) is 22.4. The molecule has 3 aromatic heterocycles. The summed E-state index contributed by atoms with van der Waals surface area (Å²) >= 11 is 0. The molecule has 3 heterocycles. The van der Waals surface area contributed by atoms with Gasteiger partial charge in [0.25, 0.3) is 5.91 Å². The third-order valence-electron chi connectivity index (χ3n) is 6.82. The predicted octanol–water partition coefficient (Wildman–Crippen LogP) is 6.28. The molecule has 9 heteroatoms. The third-order valence-corrected chi connectivity index (χ3v) is 6.82. The largest absolute Gasteiger partial charge is 0.467 e. The van der Waals surface area contributed by atoms with Crippen molar-refractivity contribution >= 4 is 33.5 Å². The van der Waals surface area contributed by atoms with Crippen LogP contribution in [0.25, 0.3) is 55.8 Å². The lowest BCUT2D eigenvalue weighted by atomic mass is 10.00.